The molecule has 2 aromatic carbocycles. The molecule has 0 aromatic heterocycles. The van der Waals surface area contributed by atoms with E-state index in [1.165, 1.54) is 5.56 Å². The summed E-state index contributed by atoms with van der Waals surface area (Å²) in [4.78, 5) is 13.4. The summed E-state index contributed by atoms with van der Waals surface area (Å²) in [6, 6.07) is 15.4. The fourth-order valence-electron chi connectivity index (χ4n) is 3.75. The number of nitrogens with zero attached hydrogens (tertiary/aromatic N) is 1. The van der Waals surface area contributed by atoms with Crippen molar-refractivity contribution in [2.75, 3.05) is 26.2 Å². The van der Waals surface area contributed by atoms with Crippen LogP contribution in [0.25, 0.3) is 0 Å². The topological polar surface area (TPSA) is 82.0 Å². The molecule has 2 aromatic rings. The van der Waals surface area contributed by atoms with Gasteiger partial charge in [0.25, 0.3) is 0 Å². The van der Waals surface area contributed by atoms with E-state index < -0.39 is 11.6 Å². The van der Waals surface area contributed by atoms with Crippen LogP contribution in [0, 0.1) is 0 Å². The molecular weight excluding hydrogens is 416 g/mol. The van der Waals surface area contributed by atoms with E-state index in [-0.39, 0.29) is 13.0 Å². The maximum Gasteiger partial charge on any atom is 0.307 e. The molecule has 1 heterocycles. The Labute approximate surface area is 188 Å². The van der Waals surface area contributed by atoms with E-state index >= 15 is 0 Å². The fourth-order valence-corrected chi connectivity index (χ4v) is 3.87. The average Bonchev–Trinajstić information content (AvgIpc) is 2.74. The summed E-state index contributed by atoms with van der Waals surface area (Å²) < 4.78 is 5.76. The van der Waals surface area contributed by atoms with Crippen LogP contribution in [0.4, 0.5) is 0 Å². The van der Waals surface area contributed by atoms with Crippen molar-refractivity contribution in [2.24, 2.45) is 0 Å². The first kappa shape index (κ1) is 23.5. The Bertz CT molecular complexity index is 849. The van der Waals surface area contributed by atoms with Gasteiger partial charge in [-0.25, -0.2) is 0 Å². The minimum atomic E-state index is -1.06. The Balaban J connectivity index is 1.41. The van der Waals surface area contributed by atoms with Crippen molar-refractivity contribution in [2.45, 2.75) is 44.4 Å². The molecule has 1 fully saturated rings. The largest absolute Gasteiger partial charge is 0.490 e. The summed E-state index contributed by atoms with van der Waals surface area (Å²) in [5.74, 6) is -0.410. The lowest BCUT2D eigenvalue weighted by Crippen LogP contribution is -2.49. The summed E-state index contributed by atoms with van der Waals surface area (Å²) in [5, 5.41) is 24.0. The molecule has 0 saturated carbocycles. The summed E-state index contributed by atoms with van der Waals surface area (Å²) in [6.45, 7) is 5.16. The smallest absolute Gasteiger partial charge is 0.307 e. The van der Waals surface area contributed by atoms with Gasteiger partial charge in [-0.3, -0.25) is 9.69 Å². The molecule has 3 rings (SSSR count). The summed E-state index contributed by atoms with van der Waals surface area (Å²) in [7, 11) is 0. The molecule has 168 valence electrons. The number of carboxylic acid groups (broad SMARTS) is 1. The first-order valence-electron chi connectivity index (χ1n) is 10.7. The zero-order chi connectivity index (χ0) is 22.3. The number of para-hydroxylation sites is 1. The molecule has 0 bridgehead atoms. The van der Waals surface area contributed by atoms with Crippen LogP contribution in [0.15, 0.2) is 48.5 Å². The van der Waals surface area contributed by atoms with Gasteiger partial charge in [0.1, 0.15) is 18.0 Å². The van der Waals surface area contributed by atoms with Gasteiger partial charge in [-0.15, -0.1) is 0 Å². The zero-order valence-electron chi connectivity index (χ0n) is 17.9. The number of halogens is 1. The number of piperidine rings is 1. The average molecular weight is 447 g/mol. The second-order valence-corrected chi connectivity index (χ2v) is 8.96. The van der Waals surface area contributed by atoms with Crippen molar-refractivity contribution in [3.8, 4) is 5.75 Å². The van der Waals surface area contributed by atoms with Gasteiger partial charge in [-0.2, -0.15) is 0 Å². The molecule has 31 heavy (non-hydrogen) atoms. The maximum atomic E-state index is 11.0. The molecule has 1 aliphatic rings. The standard InChI is InChI=1S/C24H31ClN2O4/c1-24(30,17-31-22-5-3-2-4-19(22)14-23(28)29)16-26-21-10-12-27(13-11-21)15-18-6-8-20(25)9-7-18/h2-9,21,26,30H,10-17H2,1H3,(H,28,29)/t24-/m0/s1. The van der Waals surface area contributed by atoms with E-state index in [4.69, 9.17) is 21.4 Å². The van der Waals surface area contributed by atoms with E-state index in [1.807, 2.05) is 12.1 Å². The molecular formula is C24H31ClN2O4. The van der Waals surface area contributed by atoms with Crippen LogP contribution in [0.3, 0.4) is 0 Å². The van der Waals surface area contributed by atoms with Crippen molar-refractivity contribution in [1.29, 1.82) is 0 Å². The normalized spacial score (nSPS) is 17.3. The number of likely N-dealkylation sites (tertiary alicyclic amines) is 1. The molecule has 1 atom stereocenters. The highest BCUT2D eigenvalue weighted by Gasteiger charge is 2.25. The van der Waals surface area contributed by atoms with Crippen molar-refractivity contribution >= 4 is 17.6 Å². The first-order valence-corrected chi connectivity index (χ1v) is 11.0. The Morgan fingerprint density at radius 2 is 1.87 bits per heavy atom. The monoisotopic (exact) mass is 446 g/mol. The molecule has 1 aliphatic heterocycles. The quantitative estimate of drug-likeness (QED) is 0.519. The second-order valence-electron chi connectivity index (χ2n) is 8.52. The lowest BCUT2D eigenvalue weighted by Gasteiger charge is -2.34. The lowest BCUT2D eigenvalue weighted by molar-refractivity contribution is -0.136. The Morgan fingerprint density at radius 3 is 2.55 bits per heavy atom. The van der Waals surface area contributed by atoms with Crippen LogP contribution in [-0.4, -0.2) is 59.0 Å². The molecule has 0 spiro atoms. The van der Waals surface area contributed by atoms with Gasteiger partial charge in [0.05, 0.1) is 6.42 Å². The predicted octanol–water partition coefficient (Wildman–Crippen LogP) is 3.35. The number of aliphatic carboxylic acids is 1. The minimum Gasteiger partial charge on any atom is -0.490 e. The van der Waals surface area contributed by atoms with E-state index in [0.717, 1.165) is 37.5 Å². The highest BCUT2D eigenvalue weighted by Crippen LogP contribution is 2.21. The molecule has 3 N–H and O–H groups in total. The van der Waals surface area contributed by atoms with Gasteiger partial charge < -0.3 is 20.3 Å². The Kier molecular flexibility index (Phi) is 8.32. The van der Waals surface area contributed by atoms with E-state index in [2.05, 4.69) is 22.3 Å². The SMILES string of the molecule is C[C@](O)(CNC1CCN(Cc2ccc(Cl)cc2)CC1)COc1ccccc1CC(=O)O. The Morgan fingerprint density at radius 1 is 1.19 bits per heavy atom. The van der Waals surface area contributed by atoms with Crippen LogP contribution in [0.1, 0.15) is 30.9 Å². The molecule has 0 radical (unpaired) electrons. The maximum absolute atomic E-state index is 11.0. The van der Waals surface area contributed by atoms with Gasteiger partial charge >= 0.3 is 5.97 Å². The second kappa shape index (κ2) is 11.0. The third-order valence-electron chi connectivity index (χ3n) is 5.53. The molecule has 1 saturated heterocycles. The summed E-state index contributed by atoms with van der Waals surface area (Å²) in [6.07, 6.45) is 1.93. The summed E-state index contributed by atoms with van der Waals surface area (Å²) >= 11 is 5.96. The molecule has 0 unspecified atom stereocenters. The van der Waals surface area contributed by atoms with Crippen LogP contribution < -0.4 is 10.1 Å². The number of nitrogens with one attached hydrogen (secondary N) is 1. The van der Waals surface area contributed by atoms with Crippen molar-refractivity contribution in [3.05, 3.63) is 64.7 Å². The lowest BCUT2D eigenvalue weighted by atomic mass is 10.0. The van der Waals surface area contributed by atoms with E-state index in [9.17, 15) is 9.90 Å². The highest BCUT2D eigenvalue weighted by molar-refractivity contribution is 6.30. The van der Waals surface area contributed by atoms with Crippen LogP contribution >= 0.6 is 11.6 Å². The highest BCUT2D eigenvalue weighted by atomic mass is 35.5. The number of carbonyl (C=O) groups is 1. The predicted molar refractivity (Wildman–Crippen MR) is 122 cm³/mol. The van der Waals surface area contributed by atoms with Gasteiger partial charge in [0.15, 0.2) is 0 Å². The van der Waals surface area contributed by atoms with Crippen LogP contribution in [0.2, 0.25) is 5.02 Å². The number of carboxylic acids is 1. The van der Waals surface area contributed by atoms with Gasteiger partial charge in [-0.05, 0) is 56.6 Å². The van der Waals surface area contributed by atoms with Gasteiger partial charge in [-0.1, -0.05) is 41.9 Å². The molecule has 7 heteroatoms. The third kappa shape index (κ3) is 7.82. The number of ether oxygens (including phenoxy) is 1. The molecule has 6 nitrogen and oxygen atoms in total. The fraction of sp³-hybridized carbons (Fsp3) is 0.458. The molecule has 0 amide bonds. The van der Waals surface area contributed by atoms with Crippen molar-refractivity contribution in [1.82, 2.24) is 10.2 Å². The zero-order valence-corrected chi connectivity index (χ0v) is 18.6. The van der Waals surface area contributed by atoms with Crippen LogP contribution in [-0.2, 0) is 17.8 Å². The van der Waals surface area contributed by atoms with Gasteiger partial charge in [0, 0.05) is 29.7 Å². The third-order valence-corrected chi connectivity index (χ3v) is 5.78. The minimum absolute atomic E-state index is 0.0893. The van der Waals surface area contributed by atoms with E-state index in [1.54, 1.807) is 31.2 Å². The number of rotatable bonds is 10. The van der Waals surface area contributed by atoms with Crippen molar-refractivity contribution < 1.29 is 19.7 Å². The van der Waals surface area contributed by atoms with Crippen molar-refractivity contribution in [3.63, 3.8) is 0 Å². The van der Waals surface area contributed by atoms with Crippen LogP contribution in [0.5, 0.6) is 5.75 Å². The summed E-state index contributed by atoms with van der Waals surface area (Å²) in [5.41, 5.74) is 0.808. The van der Waals surface area contributed by atoms with E-state index in [0.29, 0.717) is 23.9 Å². The number of hydrogen-bond donors (Lipinski definition) is 3. The molecule has 0 aliphatic carbocycles. The Hall–Kier alpha value is -2.12. The number of aliphatic hydroxyl groups is 1. The first-order chi connectivity index (χ1) is 14.8. The van der Waals surface area contributed by atoms with Gasteiger partial charge in [0.2, 0.25) is 0 Å². The number of hydrogen-bond acceptors (Lipinski definition) is 5. The number of benzene rings is 2.